The van der Waals surface area contributed by atoms with Crippen molar-refractivity contribution >= 4 is 29.9 Å². The zero-order chi connectivity index (χ0) is 18.8. The fraction of sp³-hybridized carbons (Fsp3) is 0.789. The molecule has 7 heteroatoms. The van der Waals surface area contributed by atoms with Gasteiger partial charge in [0.05, 0.1) is 11.8 Å². The number of aliphatic imine (C=N–C) groups is 1. The smallest absolute Gasteiger partial charge is 0.191 e. The molecule has 0 spiro atoms. The van der Waals surface area contributed by atoms with Crippen LogP contribution in [0.1, 0.15) is 58.0 Å². The first-order valence-corrected chi connectivity index (χ1v) is 9.57. The van der Waals surface area contributed by atoms with Crippen LogP contribution >= 0.6 is 24.0 Å². The molecular formula is C19H38IN5O. The van der Waals surface area contributed by atoms with E-state index in [4.69, 9.17) is 4.74 Å². The second-order valence-electron chi connectivity index (χ2n) is 6.58. The van der Waals surface area contributed by atoms with Gasteiger partial charge in [0.15, 0.2) is 5.96 Å². The molecule has 0 bridgehead atoms. The van der Waals surface area contributed by atoms with Crippen molar-refractivity contribution < 1.29 is 4.74 Å². The van der Waals surface area contributed by atoms with E-state index in [1.54, 1.807) is 0 Å². The Morgan fingerprint density at radius 2 is 1.88 bits per heavy atom. The number of hydrogen-bond donors (Lipinski definition) is 2. The van der Waals surface area contributed by atoms with Gasteiger partial charge in [-0.3, -0.25) is 9.67 Å². The first-order chi connectivity index (χ1) is 12.0. The molecule has 0 fully saturated rings. The van der Waals surface area contributed by atoms with Crippen LogP contribution in [0.4, 0.5) is 0 Å². The van der Waals surface area contributed by atoms with Crippen molar-refractivity contribution in [3.63, 3.8) is 0 Å². The third-order valence-corrected chi connectivity index (χ3v) is 4.53. The van der Waals surface area contributed by atoms with Crippen LogP contribution in [0.25, 0.3) is 0 Å². The molecule has 0 aliphatic heterocycles. The minimum atomic E-state index is 0. The third kappa shape index (κ3) is 7.42. The van der Waals surface area contributed by atoms with E-state index in [0.29, 0.717) is 5.92 Å². The maximum Gasteiger partial charge on any atom is 0.191 e. The Morgan fingerprint density at radius 3 is 2.38 bits per heavy atom. The molecule has 0 radical (unpaired) electrons. The summed E-state index contributed by atoms with van der Waals surface area (Å²) in [5, 5.41) is 11.5. The number of ether oxygens (including phenoxy) is 1. The van der Waals surface area contributed by atoms with Gasteiger partial charge in [0.1, 0.15) is 0 Å². The summed E-state index contributed by atoms with van der Waals surface area (Å²) < 4.78 is 7.80. The lowest BCUT2D eigenvalue weighted by Gasteiger charge is -2.21. The van der Waals surface area contributed by atoms with Crippen LogP contribution < -0.4 is 10.6 Å². The quantitative estimate of drug-likeness (QED) is 0.307. The highest BCUT2D eigenvalue weighted by atomic mass is 127. The molecule has 152 valence electrons. The van der Waals surface area contributed by atoms with E-state index in [2.05, 4.69) is 48.4 Å². The normalized spacial score (nSPS) is 12.8. The highest BCUT2D eigenvalue weighted by Gasteiger charge is 2.15. The average molecular weight is 479 g/mol. The molecule has 2 N–H and O–H groups in total. The zero-order valence-electron chi connectivity index (χ0n) is 17.6. The summed E-state index contributed by atoms with van der Waals surface area (Å²) in [4.78, 5) is 4.33. The van der Waals surface area contributed by atoms with E-state index >= 15 is 0 Å². The summed E-state index contributed by atoms with van der Waals surface area (Å²) in [7, 11) is 3.83. The standard InChI is InChI=1S/C19H37N5O.HI/c1-8-16-15(17(9-2)24(7)23-16)13-22-19(20-6)21-12-11-18(14(4)5)25-10-3;/h14,18H,8-13H2,1-7H3,(H2,20,21,22);1H. The van der Waals surface area contributed by atoms with Gasteiger partial charge in [-0.05, 0) is 32.1 Å². The van der Waals surface area contributed by atoms with Crippen molar-refractivity contribution in [1.29, 1.82) is 0 Å². The Kier molecular flexibility index (Phi) is 12.9. The van der Waals surface area contributed by atoms with E-state index in [1.807, 2.05) is 25.7 Å². The number of aromatic nitrogens is 2. The molecule has 0 aliphatic rings. The lowest BCUT2D eigenvalue weighted by atomic mass is 10.0. The van der Waals surface area contributed by atoms with Gasteiger partial charge in [-0.15, -0.1) is 24.0 Å². The molecule has 1 aromatic rings. The molecule has 1 unspecified atom stereocenters. The molecule has 1 heterocycles. The number of rotatable bonds is 10. The molecule has 0 aliphatic carbocycles. The Balaban J connectivity index is 0.00000625. The van der Waals surface area contributed by atoms with Crippen LogP contribution in [0.5, 0.6) is 0 Å². The van der Waals surface area contributed by atoms with Crippen LogP contribution in [0.2, 0.25) is 0 Å². The number of nitrogens with zero attached hydrogens (tertiary/aromatic N) is 3. The minimum Gasteiger partial charge on any atom is -0.378 e. The van der Waals surface area contributed by atoms with Gasteiger partial charge in [-0.1, -0.05) is 27.7 Å². The summed E-state index contributed by atoms with van der Waals surface area (Å²) in [6.45, 7) is 13.1. The van der Waals surface area contributed by atoms with Crippen LogP contribution in [-0.4, -0.2) is 42.0 Å². The van der Waals surface area contributed by atoms with Crippen LogP contribution in [-0.2, 0) is 31.2 Å². The number of guanidine groups is 1. The molecular weight excluding hydrogens is 441 g/mol. The molecule has 6 nitrogen and oxygen atoms in total. The number of nitrogens with one attached hydrogen (secondary N) is 2. The fourth-order valence-corrected chi connectivity index (χ4v) is 3.14. The summed E-state index contributed by atoms with van der Waals surface area (Å²) in [6.07, 6.45) is 3.19. The van der Waals surface area contributed by atoms with Gasteiger partial charge in [0, 0.05) is 45.0 Å². The Labute approximate surface area is 176 Å². The average Bonchev–Trinajstić information content (AvgIpc) is 2.91. The molecule has 0 amide bonds. The largest absolute Gasteiger partial charge is 0.378 e. The number of hydrogen-bond acceptors (Lipinski definition) is 3. The zero-order valence-corrected chi connectivity index (χ0v) is 19.9. The van der Waals surface area contributed by atoms with E-state index in [0.717, 1.165) is 44.9 Å². The van der Waals surface area contributed by atoms with Gasteiger partial charge in [0.2, 0.25) is 0 Å². The van der Waals surface area contributed by atoms with Crippen molar-refractivity contribution in [1.82, 2.24) is 20.4 Å². The van der Waals surface area contributed by atoms with Crippen molar-refractivity contribution in [2.75, 3.05) is 20.2 Å². The minimum absolute atomic E-state index is 0. The van der Waals surface area contributed by atoms with Gasteiger partial charge in [0.25, 0.3) is 0 Å². The van der Waals surface area contributed by atoms with Crippen LogP contribution in [0.3, 0.4) is 0 Å². The van der Waals surface area contributed by atoms with Gasteiger partial charge in [-0.25, -0.2) is 0 Å². The highest BCUT2D eigenvalue weighted by Crippen LogP contribution is 2.15. The molecule has 0 saturated carbocycles. The van der Waals surface area contributed by atoms with E-state index in [9.17, 15) is 0 Å². The molecule has 0 saturated heterocycles. The van der Waals surface area contributed by atoms with E-state index < -0.39 is 0 Å². The summed E-state index contributed by atoms with van der Waals surface area (Å²) in [6, 6.07) is 0. The lowest BCUT2D eigenvalue weighted by molar-refractivity contribution is 0.0258. The predicted octanol–water partition coefficient (Wildman–Crippen LogP) is 3.28. The maximum atomic E-state index is 5.80. The van der Waals surface area contributed by atoms with Crippen molar-refractivity contribution in [3.8, 4) is 0 Å². The second kappa shape index (κ2) is 13.4. The third-order valence-electron chi connectivity index (χ3n) is 4.53. The maximum absolute atomic E-state index is 5.80. The molecule has 26 heavy (non-hydrogen) atoms. The summed E-state index contributed by atoms with van der Waals surface area (Å²) >= 11 is 0. The predicted molar refractivity (Wildman–Crippen MR) is 120 cm³/mol. The summed E-state index contributed by atoms with van der Waals surface area (Å²) in [5.74, 6) is 1.35. The molecule has 1 atom stereocenters. The molecule has 1 aromatic heterocycles. The monoisotopic (exact) mass is 479 g/mol. The van der Waals surface area contributed by atoms with Crippen molar-refractivity contribution in [2.45, 2.75) is 66.5 Å². The van der Waals surface area contributed by atoms with Gasteiger partial charge >= 0.3 is 0 Å². The number of aryl methyl sites for hydroxylation is 2. The summed E-state index contributed by atoms with van der Waals surface area (Å²) in [5.41, 5.74) is 3.75. The van der Waals surface area contributed by atoms with Crippen LogP contribution in [0.15, 0.2) is 4.99 Å². The Hall–Kier alpha value is -0.830. The Bertz CT molecular complexity index is 542. The number of halogens is 1. The van der Waals surface area contributed by atoms with E-state index in [-0.39, 0.29) is 30.1 Å². The van der Waals surface area contributed by atoms with Crippen molar-refractivity contribution in [3.05, 3.63) is 17.0 Å². The Morgan fingerprint density at radius 1 is 1.19 bits per heavy atom. The van der Waals surface area contributed by atoms with Crippen LogP contribution in [0, 0.1) is 5.92 Å². The van der Waals surface area contributed by atoms with E-state index in [1.165, 1.54) is 17.0 Å². The topological polar surface area (TPSA) is 63.5 Å². The molecule has 0 aromatic carbocycles. The second-order valence-corrected chi connectivity index (χ2v) is 6.58. The van der Waals surface area contributed by atoms with Gasteiger partial charge in [-0.2, -0.15) is 5.10 Å². The first-order valence-electron chi connectivity index (χ1n) is 9.57. The molecule has 1 rings (SSSR count). The highest BCUT2D eigenvalue weighted by molar-refractivity contribution is 14.0. The SMILES string of the molecule is CCOC(CCNC(=NC)NCc1c(CC)nn(C)c1CC)C(C)C.I. The van der Waals surface area contributed by atoms with Crippen molar-refractivity contribution in [2.24, 2.45) is 18.0 Å². The van der Waals surface area contributed by atoms with Gasteiger partial charge < -0.3 is 15.4 Å². The fourth-order valence-electron chi connectivity index (χ4n) is 3.14. The lowest BCUT2D eigenvalue weighted by Crippen LogP contribution is -2.39. The first kappa shape index (κ1) is 25.2.